The minimum Gasteiger partial charge on any atom is -0.308 e. The topological polar surface area (TPSA) is 20.3 Å². The second-order valence-electron chi connectivity index (χ2n) is 3.91. The smallest absolute Gasteiger partial charge is 0.225 e. The Bertz CT molecular complexity index is 394. The predicted molar refractivity (Wildman–Crippen MR) is 55.8 cm³/mol. The lowest BCUT2D eigenvalue weighted by Crippen LogP contribution is -2.37. The van der Waals surface area contributed by atoms with Gasteiger partial charge < -0.3 is 4.90 Å². The number of carbonyl (C=O) groups excluding carboxylic acids is 1. The Morgan fingerprint density at radius 3 is 2.81 bits per heavy atom. The number of carbonyl (C=O) groups is 1. The molecule has 1 amide bonds. The molecule has 1 saturated heterocycles. The summed E-state index contributed by atoms with van der Waals surface area (Å²) in [5.41, 5.74) is 0.410. The number of amides is 1. The lowest BCUT2D eigenvalue weighted by Gasteiger charge is -2.33. The highest BCUT2D eigenvalue weighted by molar-refractivity contribution is 5.77. The van der Waals surface area contributed by atoms with Crippen LogP contribution in [0.3, 0.4) is 0 Å². The molecule has 0 aromatic heterocycles. The van der Waals surface area contributed by atoms with Crippen LogP contribution < -0.4 is 0 Å². The molecule has 16 heavy (non-hydrogen) atoms. The quantitative estimate of drug-likeness (QED) is 0.709. The first-order valence-electron chi connectivity index (χ1n) is 5.34. The molecule has 0 spiro atoms. The second-order valence-corrected chi connectivity index (χ2v) is 3.91. The molecule has 1 aromatic rings. The van der Waals surface area contributed by atoms with E-state index in [1.54, 1.807) is 18.2 Å². The van der Waals surface area contributed by atoms with E-state index in [4.69, 9.17) is 0 Å². The summed E-state index contributed by atoms with van der Waals surface area (Å²) in [6.45, 7) is -0.849. The summed E-state index contributed by atoms with van der Waals surface area (Å²) < 4.78 is 26.3. The standard InChI is InChI=1S/C12H13F2NO/c13-8-15-11(6-3-7-12(15)16)9-4-1-2-5-10(9)14/h1-2,4-5,11H,3,6-8H2. The van der Waals surface area contributed by atoms with Crippen LogP contribution in [-0.4, -0.2) is 17.6 Å². The SMILES string of the molecule is O=C1CCCC(c2ccccc2F)N1CF. The maximum absolute atomic E-state index is 13.6. The summed E-state index contributed by atoms with van der Waals surface area (Å²) in [5.74, 6) is -0.609. The first kappa shape index (κ1) is 11.0. The number of likely N-dealkylation sites (tertiary alicyclic amines) is 1. The summed E-state index contributed by atoms with van der Waals surface area (Å²) >= 11 is 0. The number of hydrogen-bond donors (Lipinski definition) is 0. The van der Waals surface area contributed by atoms with Crippen LogP contribution in [0, 0.1) is 5.82 Å². The minimum atomic E-state index is -0.849. The highest BCUT2D eigenvalue weighted by Crippen LogP contribution is 2.32. The van der Waals surface area contributed by atoms with Gasteiger partial charge >= 0.3 is 0 Å². The molecule has 0 radical (unpaired) electrons. The molecule has 0 aliphatic carbocycles. The maximum Gasteiger partial charge on any atom is 0.225 e. The number of hydrogen-bond acceptors (Lipinski definition) is 1. The van der Waals surface area contributed by atoms with E-state index in [1.807, 2.05) is 0 Å². The molecule has 4 heteroatoms. The molecule has 1 fully saturated rings. The molecule has 0 N–H and O–H groups in total. The Labute approximate surface area is 92.9 Å². The van der Waals surface area contributed by atoms with Crippen LogP contribution in [0.15, 0.2) is 24.3 Å². The average Bonchev–Trinajstić information content (AvgIpc) is 2.29. The average molecular weight is 225 g/mol. The van der Waals surface area contributed by atoms with Gasteiger partial charge in [0.1, 0.15) is 5.82 Å². The highest BCUT2D eigenvalue weighted by Gasteiger charge is 2.30. The Morgan fingerprint density at radius 1 is 1.38 bits per heavy atom. The van der Waals surface area contributed by atoms with Crippen molar-refractivity contribution in [3.8, 4) is 0 Å². The van der Waals surface area contributed by atoms with E-state index < -0.39 is 12.8 Å². The molecule has 0 bridgehead atoms. The van der Waals surface area contributed by atoms with Gasteiger partial charge in [0.15, 0.2) is 6.80 Å². The number of halogens is 2. The van der Waals surface area contributed by atoms with Crippen molar-refractivity contribution in [3.63, 3.8) is 0 Å². The fraction of sp³-hybridized carbons (Fsp3) is 0.417. The molecular weight excluding hydrogens is 212 g/mol. The summed E-state index contributed by atoms with van der Waals surface area (Å²) in [4.78, 5) is 12.6. The first-order valence-corrected chi connectivity index (χ1v) is 5.34. The van der Waals surface area contributed by atoms with Crippen molar-refractivity contribution >= 4 is 5.91 Å². The van der Waals surface area contributed by atoms with E-state index >= 15 is 0 Å². The van der Waals surface area contributed by atoms with E-state index in [0.717, 1.165) is 4.90 Å². The van der Waals surface area contributed by atoms with Crippen molar-refractivity contribution in [2.75, 3.05) is 6.80 Å². The summed E-state index contributed by atoms with van der Waals surface area (Å²) in [6, 6.07) is 5.79. The summed E-state index contributed by atoms with van der Waals surface area (Å²) in [5, 5.41) is 0. The molecular formula is C12H13F2NO. The van der Waals surface area contributed by atoms with Crippen LogP contribution in [0.5, 0.6) is 0 Å². The summed E-state index contributed by atoms with van der Waals surface area (Å²) in [6.07, 6.45) is 1.67. The lowest BCUT2D eigenvalue weighted by atomic mass is 9.95. The number of nitrogens with zero attached hydrogens (tertiary/aromatic N) is 1. The van der Waals surface area contributed by atoms with Gasteiger partial charge in [-0.1, -0.05) is 18.2 Å². The van der Waals surface area contributed by atoms with Gasteiger partial charge in [-0.2, -0.15) is 0 Å². The fourth-order valence-corrected chi connectivity index (χ4v) is 2.14. The van der Waals surface area contributed by atoms with Crippen molar-refractivity contribution in [3.05, 3.63) is 35.6 Å². The molecule has 1 aromatic carbocycles. The van der Waals surface area contributed by atoms with Crippen molar-refractivity contribution in [2.24, 2.45) is 0 Å². The Morgan fingerprint density at radius 2 is 2.12 bits per heavy atom. The van der Waals surface area contributed by atoms with E-state index in [9.17, 15) is 13.6 Å². The number of benzene rings is 1. The maximum atomic E-state index is 13.6. The zero-order chi connectivity index (χ0) is 11.5. The molecule has 1 aliphatic heterocycles. The Hall–Kier alpha value is -1.45. The van der Waals surface area contributed by atoms with Gasteiger partial charge in [-0.3, -0.25) is 4.79 Å². The van der Waals surface area contributed by atoms with Crippen LogP contribution in [0.2, 0.25) is 0 Å². The largest absolute Gasteiger partial charge is 0.308 e. The predicted octanol–water partition coefficient (Wildman–Crippen LogP) is 2.81. The number of piperidine rings is 1. The normalized spacial score (nSPS) is 21.2. The van der Waals surface area contributed by atoms with Crippen LogP contribution in [0.4, 0.5) is 8.78 Å². The fourth-order valence-electron chi connectivity index (χ4n) is 2.14. The first-order chi connectivity index (χ1) is 7.74. The third kappa shape index (κ3) is 1.92. The van der Waals surface area contributed by atoms with E-state index in [0.29, 0.717) is 24.8 Å². The van der Waals surface area contributed by atoms with Crippen LogP contribution in [0.1, 0.15) is 30.9 Å². The van der Waals surface area contributed by atoms with Crippen LogP contribution >= 0.6 is 0 Å². The third-order valence-corrected chi connectivity index (χ3v) is 2.96. The Balaban J connectivity index is 2.31. The van der Waals surface area contributed by atoms with Crippen LogP contribution in [-0.2, 0) is 4.79 Å². The Kier molecular flexibility index (Phi) is 3.17. The van der Waals surface area contributed by atoms with E-state index in [1.165, 1.54) is 6.07 Å². The van der Waals surface area contributed by atoms with Gasteiger partial charge in [-0.15, -0.1) is 0 Å². The number of alkyl halides is 1. The molecule has 1 heterocycles. The third-order valence-electron chi connectivity index (χ3n) is 2.96. The van der Waals surface area contributed by atoms with E-state index in [-0.39, 0.29) is 11.7 Å². The molecule has 1 unspecified atom stereocenters. The van der Waals surface area contributed by atoms with Gasteiger partial charge in [0.2, 0.25) is 5.91 Å². The molecule has 1 aliphatic rings. The molecule has 2 nitrogen and oxygen atoms in total. The molecule has 2 rings (SSSR count). The van der Waals surface area contributed by atoms with Gasteiger partial charge in [0.25, 0.3) is 0 Å². The van der Waals surface area contributed by atoms with Crippen molar-refractivity contribution in [2.45, 2.75) is 25.3 Å². The second kappa shape index (κ2) is 4.60. The number of rotatable bonds is 2. The summed E-state index contributed by atoms with van der Waals surface area (Å²) in [7, 11) is 0. The zero-order valence-corrected chi connectivity index (χ0v) is 8.83. The van der Waals surface area contributed by atoms with Crippen molar-refractivity contribution < 1.29 is 13.6 Å². The lowest BCUT2D eigenvalue weighted by molar-refractivity contribution is -0.139. The van der Waals surface area contributed by atoms with Crippen molar-refractivity contribution in [1.29, 1.82) is 0 Å². The van der Waals surface area contributed by atoms with Gasteiger partial charge in [-0.25, -0.2) is 8.78 Å². The van der Waals surface area contributed by atoms with Crippen molar-refractivity contribution in [1.82, 2.24) is 4.90 Å². The molecule has 0 saturated carbocycles. The van der Waals surface area contributed by atoms with Gasteiger partial charge in [0.05, 0.1) is 6.04 Å². The van der Waals surface area contributed by atoms with Gasteiger partial charge in [-0.05, 0) is 18.9 Å². The van der Waals surface area contributed by atoms with E-state index in [2.05, 4.69) is 0 Å². The monoisotopic (exact) mass is 225 g/mol. The van der Waals surface area contributed by atoms with Gasteiger partial charge in [0, 0.05) is 12.0 Å². The molecule has 1 atom stereocenters. The molecule has 86 valence electrons. The van der Waals surface area contributed by atoms with Crippen LogP contribution in [0.25, 0.3) is 0 Å². The highest BCUT2D eigenvalue weighted by atomic mass is 19.1. The zero-order valence-electron chi connectivity index (χ0n) is 8.83. The minimum absolute atomic E-state index is 0.234.